The van der Waals surface area contributed by atoms with Gasteiger partial charge in [0.1, 0.15) is 30.5 Å². The van der Waals surface area contributed by atoms with Crippen LogP contribution in [0.2, 0.25) is 0 Å². The predicted octanol–water partition coefficient (Wildman–Crippen LogP) is 11.4. The summed E-state index contributed by atoms with van der Waals surface area (Å²) in [6.45, 7) is 4.01. The molecule has 1 saturated heterocycles. The van der Waals surface area contributed by atoms with Crippen molar-refractivity contribution in [3.8, 4) is 0 Å². The molecule has 12 nitrogen and oxygen atoms in total. The second-order valence-corrected chi connectivity index (χ2v) is 18.8. The lowest BCUT2D eigenvalue weighted by atomic mass is 9.99. The highest BCUT2D eigenvalue weighted by Crippen LogP contribution is 2.26. The second-order valence-electron chi connectivity index (χ2n) is 17.8. The first-order valence-corrected chi connectivity index (χ1v) is 26.8. The molecular formula is C49H94O12S. The van der Waals surface area contributed by atoms with Crippen LogP contribution in [0.15, 0.2) is 12.2 Å². The first kappa shape index (κ1) is 58.9. The summed E-state index contributed by atoms with van der Waals surface area (Å²) < 4.78 is 59.2. The third-order valence-electron chi connectivity index (χ3n) is 11.9. The molecule has 1 heterocycles. The van der Waals surface area contributed by atoms with Gasteiger partial charge in [0.15, 0.2) is 6.29 Å². The Morgan fingerprint density at radius 2 is 1.02 bits per heavy atom. The summed E-state index contributed by atoms with van der Waals surface area (Å²) in [5.41, 5.74) is 0. The molecule has 0 aromatic heterocycles. The van der Waals surface area contributed by atoms with Crippen LogP contribution in [0.3, 0.4) is 0 Å². The number of esters is 1. The lowest BCUT2D eigenvalue weighted by molar-refractivity contribution is -0.301. The summed E-state index contributed by atoms with van der Waals surface area (Å²) >= 11 is 0. The Morgan fingerprint density at radius 3 is 1.47 bits per heavy atom. The van der Waals surface area contributed by atoms with Gasteiger partial charge in [-0.2, -0.15) is 8.42 Å². The van der Waals surface area contributed by atoms with Crippen LogP contribution in [-0.4, -0.2) is 97.5 Å². The van der Waals surface area contributed by atoms with Crippen molar-refractivity contribution in [3.63, 3.8) is 0 Å². The highest BCUT2D eigenvalue weighted by molar-refractivity contribution is 7.80. The van der Waals surface area contributed by atoms with Crippen molar-refractivity contribution in [2.24, 2.45) is 0 Å². The maximum Gasteiger partial charge on any atom is 0.397 e. The van der Waals surface area contributed by atoms with Crippen molar-refractivity contribution in [1.29, 1.82) is 0 Å². The molecule has 0 aromatic carbocycles. The van der Waals surface area contributed by atoms with Crippen LogP contribution in [0.5, 0.6) is 0 Å². The van der Waals surface area contributed by atoms with Gasteiger partial charge in [-0.05, 0) is 38.5 Å². The smallest absolute Gasteiger partial charge is 0.397 e. The molecule has 0 aromatic rings. The average Bonchev–Trinajstić information content (AvgIpc) is 3.24. The molecule has 0 saturated carbocycles. The van der Waals surface area contributed by atoms with E-state index in [0.717, 1.165) is 44.9 Å². The summed E-state index contributed by atoms with van der Waals surface area (Å²) in [5.74, 6) is -0.396. The number of ether oxygens (including phenoxy) is 4. The predicted molar refractivity (Wildman–Crippen MR) is 248 cm³/mol. The molecule has 0 spiro atoms. The van der Waals surface area contributed by atoms with Gasteiger partial charge >= 0.3 is 16.4 Å². The molecule has 1 fully saturated rings. The van der Waals surface area contributed by atoms with E-state index in [2.05, 4.69) is 30.2 Å². The van der Waals surface area contributed by atoms with E-state index in [0.29, 0.717) is 13.0 Å². The van der Waals surface area contributed by atoms with Crippen LogP contribution in [0.25, 0.3) is 0 Å². The standard InChI is InChI=1S/C49H94O12S/c1-3-5-7-9-11-13-15-17-19-20-21-22-23-24-25-26-28-30-32-34-36-38-45(51)59-43(41-57-39-37-35-33-31-29-27-18-16-14-12-10-8-6-4-2)42-58-49-47(53)48(61-62(54,55)56)46(52)44(40-50)60-49/h14,16,43-44,46-50,52-53H,3-13,15,17-42H2,1-2H3,(H,54,55,56)/b16-14-. The lowest BCUT2D eigenvalue weighted by Gasteiger charge is -2.41. The van der Waals surface area contributed by atoms with E-state index < -0.39 is 59.8 Å². The molecule has 0 bridgehead atoms. The Balaban J connectivity index is 2.34. The van der Waals surface area contributed by atoms with Crippen LogP contribution in [0, 0.1) is 0 Å². The van der Waals surface area contributed by atoms with Crippen LogP contribution in [0.4, 0.5) is 0 Å². The number of unbranched alkanes of at least 4 members (excludes halogenated alkanes) is 30. The van der Waals surface area contributed by atoms with Gasteiger partial charge in [0.25, 0.3) is 0 Å². The SMILES string of the molecule is CCCCCC/C=C\CCCCCCCCOCC(COC1OC(CO)C(O)C(OS(=O)(=O)O)C1O)OC(=O)CCCCCCCCCCCCCCCCCCCCCCC. The number of aliphatic hydroxyl groups is 3. The van der Waals surface area contributed by atoms with Crippen molar-refractivity contribution in [3.05, 3.63) is 12.2 Å². The summed E-state index contributed by atoms with van der Waals surface area (Å²) in [6, 6.07) is 0. The molecule has 0 radical (unpaired) electrons. The van der Waals surface area contributed by atoms with E-state index >= 15 is 0 Å². The Bertz CT molecular complexity index is 1140. The Hall–Kier alpha value is -1.16. The first-order chi connectivity index (χ1) is 30.1. The maximum atomic E-state index is 12.9. The number of rotatable bonds is 45. The molecule has 1 rings (SSSR count). The number of allylic oxidation sites excluding steroid dienone is 2. The molecule has 1 aliphatic heterocycles. The lowest BCUT2D eigenvalue weighted by Crippen LogP contribution is -2.60. The van der Waals surface area contributed by atoms with Crippen LogP contribution < -0.4 is 0 Å². The van der Waals surface area contributed by atoms with Crippen LogP contribution in [-0.2, 0) is 38.3 Å². The Morgan fingerprint density at radius 1 is 0.597 bits per heavy atom. The summed E-state index contributed by atoms with van der Waals surface area (Å²) in [5, 5.41) is 30.7. The Labute approximate surface area is 379 Å². The van der Waals surface area contributed by atoms with Crippen molar-refractivity contribution in [1.82, 2.24) is 0 Å². The normalized spacial score (nSPS) is 20.0. The van der Waals surface area contributed by atoms with Crippen molar-refractivity contribution >= 4 is 16.4 Å². The molecule has 6 atom stereocenters. The highest BCUT2D eigenvalue weighted by Gasteiger charge is 2.48. The summed E-state index contributed by atoms with van der Waals surface area (Å²) in [7, 11) is -5.06. The molecule has 0 amide bonds. The molecule has 62 heavy (non-hydrogen) atoms. The third-order valence-corrected chi connectivity index (χ3v) is 12.4. The number of carbonyl (C=O) groups excluding carboxylic acids is 1. The van der Waals surface area contributed by atoms with Gasteiger partial charge in [-0.25, -0.2) is 4.18 Å². The fraction of sp³-hybridized carbons (Fsp3) is 0.939. The van der Waals surface area contributed by atoms with Gasteiger partial charge in [-0.1, -0.05) is 199 Å². The minimum Gasteiger partial charge on any atom is -0.457 e. The maximum absolute atomic E-state index is 12.9. The number of hydrogen-bond acceptors (Lipinski definition) is 11. The monoisotopic (exact) mass is 907 g/mol. The molecule has 6 unspecified atom stereocenters. The van der Waals surface area contributed by atoms with E-state index in [1.54, 1.807) is 0 Å². The molecule has 0 aliphatic carbocycles. The highest BCUT2D eigenvalue weighted by atomic mass is 32.3. The van der Waals surface area contributed by atoms with E-state index in [-0.39, 0.29) is 19.6 Å². The zero-order valence-corrected chi connectivity index (χ0v) is 40.3. The number of carbonyl (C=O) groups is 1. The number of aliphatic hydroxyl groups excluding tert-OH is 3. The van der Waals surface area contributed by atoms with Gasteiger partial charge in [0, 0.05) is 13.0 Å². The third kappa shape index (κ3) is 34.2. The minimum absolute atomic E-state index is 0.0373. The van der Waals surface area contributed by atoms with Crippen molar-refractivity contribution in [2.75, 3.05) is 26.4 Å². The van der Waals surface area contributed by atoms with Crippen molar-refractivity contribution < 1.29 is 56.2 Å². The van der Waals surface area contributed by atoms with E-state index in [1.165, 1.54) is 161 Å². The van der Waals surface area contributed by atoms with Gasteiger partial charge in [0.05, 0.1) is 19.8 Å². The number of hydrogen-bond donors (Lipinski definition) is 4. The molecular weight excluding hydrogens is 813 g/mol. The van der Waals surface area contributed by atoms with Gasteiger partial charge in [-0.3, -0.25) is 9.35 Å². The zero-order valence-electron chi connectivity index (χ0n) is 39.5. The molecule has 4 N–H and O–H groups in total. The minimum atomic E-state index is -5.06. The molecule has 13 heteroatoms. The molecule has 1 aliphatic rings. The second kappa shape index (κ2) is 41.3. The first-order valence-electron chi connectivity index (χ1n) is 25.4. The topological polar surface area (TPSA) is 178 Å². The van der Waals surface area contributed by atoms with Crippen LogP contribution >= 0.6 is 0 Å². The summed E-state index contributed by atoms with van der Waals surface area (Å²) in [4.78, 5) is 12.9. The average molecular weight is 907 g/mol. The van der Waals surface area contributed by atoms with Crippen molar-refractivity contribution in [2.45, 2.75) is 269 Å². The van der Waals surface area contributed by atoms with Gasteiger partial charge < -0.3 is 34.3 Å². The zero-order chi connectivity index (χ0) is 45.4. The Kier molecular flexibility index (Phi) is 39.2. The summed E-state index contributed by atoms with van der Waals surface area (Å²) in [6.07, 6.45) is 36.7. The van der Waals surface area contributed by atoms with E-state index in [4.69, 9.17) is 18.9 Å². The molecule has 368 valence electrons. The quantitative estimate of drug-likeness (QED) is 0.0197. The largest absolute Gasteiger partial charge is 0.457 e. The fourth-order valence-electron chi connectivity index (χ4n) is 8.02. The van der Waals surface area contributed by atoms with E-state index in [1.807, 2.05) is 0 Å². The van der Waals surface area contributed by atoms with Gasteiger partial charge in [-0.15, -0.1) is 0 Å². The fourth-order valence-corrected chi connectivity index (χ4v) is 8.53. The van der Waals surface area contributed by atoms with Crippen LogP contribution in [0.1, 0.15) is 232 Å². The van der Waals surface area contributed by atoms with E-state index in [9.17, 15) is 33.1 Å². The van der Waals surface area contributed by atoms with Gasteiger partial charge in [0.2, 0.25) is 0 Å².